The maximum absolute atomic E-state index is 12.3. The molecule has 2 rings (SSSR count). The van der Waals surface area contributed by atoms with Gasteiger partial charge < -0.3 is 10.6 Å². The second kappa shape index (κ2) is 8.91. The number of hydrogen-bond donors (Lipinski definition) is 2. The summed E-state index contributed by atoms with van der Waals surface area (Å²) in [5, 5.41) is 6.41. The molecule has 1 aliphatic rings. The van der Waals surface area contributed by atoms with E-state index >= 15 is 0 Å². The predicted molar refractivity (Wildman–Crippen MR) is 92.2 cm³/mol. The molecule has 0 atom stereocenters. The molecule has 0 radical (unpaired) electrons. The summed E-state index contributed by atoms with van der Waals surface area (Å²) in [4.78, 5) is 14.7. The SMILES string of the molecule is CCCN(CC(=O)Nc1ccc(CC)cc1)C1CCNCC1. The molecular weight excluding hydrogens is 274 g/mol. The normalized spacial score (nSPS) is 16.0. The molecule has 1 saturated heterocycles. The summed E-state index contributed by atoms with van der Waals surface area (Å²) in [7, 11) is 0. The van der Waals surface area contributed by atoms with Gasteiger partial charge in [-0.3, -0.25) is 9.69 Å². The van der Waals surface area contributed by atoms with Gasteiger partial charge in [-0.15, -0.1) is 0 Å². The standard InChI is InChI=1S/C18H29N3O/c1-3-13-21(17-9-11-19-12-10-17)14-18(22)20-16-7-5-15(4-2)6-8-16/h5-8,17,19H,3-4,9-14H2,1-2H3,(H,20,22). The van der Waals surface area contributed by atoms with Crippen LogP contribution in [0.15, 0.2) is 24.3 Å². The summed E-state index contributed by atoms with van der Waals surface area (Å²) in [6.07, 6.45) is 4.38. The third-order valence-electron chi connectivity index (χ3n) is 4.33. The van der Waals surface area contributed by atoms with E-state index in [-0.39, 0.29) is 5.91 Å². The Morgan fingerprint density at radius 3 is 2.50 bits per heavy atom. The zero-order chi connectivity index (χ0) is 15.8. The summed E-state index contributed by atoms with van der Waals surface area (Å²) in [6, 6.07) is 8.67. The fraction of sp³-hybridized carbons (Fsp3) is 0.611. The van der Waals surface area contributed by atoms with E-state index in [1.807, 2.05) is 12.1 Å². The number of hydrogen-bond acceptors (Lipinski definition) is 3. The first-order valence-electron chi connectivity index (χ1n) is 8.56. The van der Waals surface area contributed by atoms with Gasteiger partial charge >= 0.3 is 0 Å². The number of carbonyl (C=O) groups excluding carboxylic acids is 1. The third-order valence-corrected chi connectivity index (χ3v) is 4.33. The first-order chi connectivity index (χ1) is 10.7. The first kappa shape index (κ1) is 17.0. The largest absolute Gasteiger partial charge is 0.325 e. The molecule has 0 unspecified atom stereocenters. The van der Waals surface area contributed by atoms with Crippen molar-refractivity contribution in [2.75, 3.05) is 31.5 Å². The Morgan fingerprint density at radius 2 is 1.91 bits per heavy atom. The number of amides is 1. The molecule has 1 heterocycles. The number of carbonyl (C=O) groups is 1. The van der Waals surface area contributed by atoms with Gasteiger partial charge in [0.25, 0.3) is 0 Å². The highest BCUT2D eigenvalue weighted by molar-refractivity contribution is 5.92. The van der Waals surface area contributed by atoms with E-state index in [1.54, 1.807) is 0 Å². The van der Waals surface area contributed by atoms with E-state index < -0.39 is 0 Å². The molecule has 1 aromatic carbocycles. The van der Waals surface area contributed by atoms with Crippen molar-refractivity contribution in [3.05, 3.63) is 29.8 Å². The third kappa shape index (κ3) is 5.11. The van der Waals surface area contributed by atoms with Crippen molar-refractivity contribution in [1.82, 2.24) is 10.2 Å². The highest BCUT2D eigenvalue weighted by Gasteiger charge is 2.22. The summed E-state index contributed by atoms with van der Waals surface area (Å²) in [5.74, 6) is 0.0937. The summed E-state index contributed by atoms with van der Waals surface area (Å²) < 4.78 is 0. The van der Waals surface area contributed by atoms with Crippen LogP contribution in [0.2, 0.25) is 0 Å². The Morgan fingerprint density at radius 1 is 1.23 bits per heavy atom. The van der Waals surface area contributed by atoms with E-state index in [4.69, 9.17) is 0 Å². The van der Waals surface area contributed by atoms with Crippen LogP contribution in [-0.2, 0) is 11.2 Å². The van der Waals surface area contributed by atoms with Gasteiger partial charge in [-0.25, -0.2) is 0 Å². The van der Waals surface area contributed by atoms with E-state index in [9.17, 15) is 4.79 Å². The zero-order valence-corrected chi connectivity index (χ0v) is 13.9. The van der Waals surface area contributed by atoms with Gasteiger partial charge in [0, 0.05) is 11.7 Å². The Hall–Kier alpha value is -1.39. The molecule has 2 N–H and O–H groups in total. The Labute approximate surface area is 134 Å². The van der Waals surface area contributed by atoms with Crippen LogP contribution in [0.1, 0.15) is 38.7 Å². The van der Waals surface area contributed by atoms with E-state index in [0.717, 1.165) is 51.0 Å². The van der Waals surface area contributed by atoms with Gasteiger partial charge in [-0.2, -0.15) is 0 Å². The average Bonchev–Trinajstić information content (AvgIpc) is 2.56. The fourth-order valence-electron chi connectivity index (χ4n) is 3.06. The van der Waals surface area contributed by atoms with Crippen molar-refractivity contribution in [3.8, 4) is 0 Å². The topological polar surface area (TPSA) is 44.4 Å². The summed E-state index contributed by atoms with van der Waals surface area (Å²) in [5.41, 5.74) is 2.18. The van der Waals surface area contributed by atoms with Crippen molar-refractivity contribution in [3.63, 3.8) is 0 Å². The number of benzene rings is 1. The van der Waals surface area contributed by atoms with Gasteiger partial charge in [0.05, 0.1) is 6.54 Å². The maximum atomic E-state index is 12.3. The highest BCUT2D eigenvalue weighted by Crippen LogP contribution is 2.14. The number of aryl methyl sites for hydroxylation is 1. The molecule has 1 aromatic rings. The number of anilines is 1. The lowest BCUT2D eigenvalue weighted by atomic mass is 10.0. The van der Waals surface area contributed by atoms with Crippen LogP contribution < -0.4 is 10.6 Å². The quantitative estimate of drug-likeness (QED) is 0.814. The Bertz CT molecular complexity index is 452. The first-order valence-corrected chi connectivity index (χ1v) is 8.56. The highest BCUT2D eigenvalue weighted by atomic mass is 16.2. The Kier molecular flexibility index (Phi) is 6.87. The maximum Gasteiger partial charge on any atom is 0.238 e. The van der Waals surface area contributed by atoms with Crippen LogP contribution >= 0.6 is 0 Å². The van der Waals surface area contributed by atoms with Crippen molar-refractivity contribution in [2.24, 2.45) is 0 Å². The minimum Gasteiger partial charge on any atom is -0.325 e. The van der Waals surface area contributed by atoms with Crippen LogP contribution in [0, 0.1) is 0 Å². The van der Waals surface area contributed by atoms with Crippen molar-refractivity contribution < 1.29 is 4.79 Å². The lowest BCUT2D eigenvalue weighted by Gasteiger charge is -2.34. The number of rotatable bonds is 7. The molecule has 4 nitrogen and oxygen atoms in total. The summed E-state index contributed by atoms with van der Waals surface area (Å²) in [6.45, 7) is 7.92. The number of nitrogens with one attached hydrogen (secondary N) is 2. The lowest BCUT2D eigenvalue weighted by molar-refractivity contribution is -0.118. The molecule has 0 bridgehead atoms. The van der Waals surface area contributed by atoms with Gasteiger partial charge in [-0.1, -0.05) is 26.0 Å². The van der Waals surface area contributed by atoms with Gasteiger partial charge in [0.15, 0.2) is 0 Å². The fourth-order valence-corrected chi connectivity index (χ4v) is 3.06. The smallest absolute Gasteiger partial charge is 0.238 e. The van der Waals surface area contributed by atoms with Crippen molar-refractivity contribution >= 4 is 11.6 Å². The van der Waals surface area contributed by atoms with Crippen LogP contribution in [0.4, 0.5) is 5.69 Å². The van der Waals surface area contributed by atoms with Gasteiger partial charge in [0.1, 0.15) is 0 Å². The van der Waals surface area contributed by atoms with E-state index in [2.05, 4.69) is 41.5 Å². The zero-order valence-electron chi connectivity index (χ0n) is 13.9. The minimum absolute atomic E-state index is 0.0937. The Balaban J connectivity index is 1.89. The van der Waals surface area contributed by atoms with Gasteiger partial charge in [0.2, 0.25) is 5.91 Å². The van der Waals surface area contributed by atoms with Crippen molar-refractivity contribution in [1.29, 1.82) is 0 Å². The molecule has 4 heteroatoms. The molecule has 1 fully saturated rings. The van der Waals surface area contributed by atoms with Gasteiger partial charge in [-0.05, 0) is 63.0 Å². The molecule has 0 aliphatic carbocycles. The van der Waals surface area contributed by atoms with Crippen LogP contribution in [0.5, 0.6) is 0 Å². The monoisotopic (exact) mass is 303 g/mol. The second-order valence-electron chi connectivity index (χ2n) is 6.05. The number of piperidine rings is 1. The molecule has 0 spiro atoms. The van der Waals surface area contributed by atoms with Crippen LogP contribution in [0.25, 0.3) is 0 Å². The number of nitrogens with zero attached hydrogens (tertiary/aromatic N) is 1. The van der Waals surface area contributed by atoms with E-state index in [0.29, 0.717) is 12.6 Å². The minimum atomic E-state index is 0.0937. The molecule has 0 aromatic heterocycles. The molecule has 22 heavy (non-hydrogen) atoms. The van der Waals surface area contributed by atoms with Crippen LogP contribution in [0.3, 0.4) is 0 Å². The van der Waals surface area contributed by atoms with Crippen LogP contribution in [-0.4, -0.2) is 43.0 Å². The molecule has 1 amide bonds. The molecule has 1 aliphatic heterocycles. The van der Waals surface area contributed by atoms with Crippen molar-refractivity contribution in [2.45, 2.75) is 45.6 Å². The average molecular weight is 303 g/mol. The molecule has 0 saturated carbocycles. The molecule has 122 valence electrons. The second-order valence-corrected chi connectivity index (χ2v) is 6.05. The summed E-state index contributed by atoms with van der Waals surface area (Å²) >= 11 is 0. The lowest BCUT2D eigenvalue weighted by Crippen LogP contribution is -2.46. The molecular formula is C18H29N3O. The van der Waals surface area contributed by atoms with E-state index in [1.165, 1.54) is 5.56 Å². The predicted octanol–water partition coefficient (Wildman–Crippen LogP) is 2.65.